The Labute approximate surface area is 164 Å². The molecule has 0 aromatic heterocycles. The van der Waals surface area contributed by atoms with Crippen LogP contribution in [-0.4, -0.2) is 24.6 Å². The summed E-state index contributed by atoms with van der Waals surface area (Å²) >= 11 is 0. The van der Waals surface area contributed by atoms with Crippen LogP contribution in [0.4, 0.5) is 0 Å². The molecule has 1 rings (SSSR count). The highest BCUT2D eigenvalue weighted by Crippen LogP contribution is 2.16. The number of carbonyl (C=O) groups excluding carboxylic acids is 2. The third kappa shape index (κ3) is 9.60. The van der Waals surface area contributed by atoms with Gasteiger partial charge in [0.05, 0.1) is 23.8 Å². The molecule has 1 atom stereocenters. The number of carbonyl (C=O) groups is 2. The van der Waals surface area contributed by atoms with E-state index in [1.807, 2.05) is 6.92 Å². The molecule has 0 N–H and O–H groups in total. The van der Waals surface area contributed by atoms with Crippen LogP contribution in [0.2, 0.25) is 0 Å². The number of hydrogen-bond acceptors (Lipinski definition) is 4. The second-order valence-corrected chi connectivity index (χ2v) is 7.64. The minimum atomic E-state index is -0.460. The monoisotopic (exact) mass is 376 g/mol. The summed E-state index contributed by atoms with van der Waals surface area (Å²) in [4.78, 5) is 24.8. The lowest BCUT2D eigenvalue weighted by Gasteiger charge is -2.15. The topological polar surface area (TPSA) is 52.6 Å². The molecule has 4 nitrogen and oxygen atoms in total. The predicted molar refractivity (Wildman–Crippen MR) is 109 cm³/mol. The minimum absolute atomic E-state index is 0.174. The molecule has 27 heavy (non-hydrogen) atoms. The van der Waals surface area contributed by atoms with Crippen molar-refractivity contribution in [1.82, 2.24) is 0 Å². The lowest BCUT2D eigenvalue weighted by molar-refractivity contribution is 0.0302. The van der Waals surface area contributed by atoms with E-state index in [0.29, 0.717) is 12.5 Å². The Morgan fingerprint density at radius 1 is 0.852 bits per heavy atom. The highest BCUT2D eigenvalue weighted by molar-refractivity contribution is 6.03. The molecule has 0 radical (unpaired) electrons. The van der Waals surface area contributed by atoms with Crippen LogP contribution in [0.3, 0.4) is 0 Å². The quantitative estimate of drug-likeness (QED) is 0.304. The number of unbranched alkanes of at least 4 members (excludes halogenated alkanes) is 5. The number of ether oxygens (including phenoxy) is 2. The van der Waals surface area contributed by atoms with Gasteiger partial charge in [-0.05, 0) is 44.2 Å². The summed E-state index contributed by atoms with van der Waals surface area (Å²) in [5.74, 6) is -0.347. The fourth-order valence-electron chi connectivity index (χ4n) is 2.84. The Balaban J connectivity index is 2.52. The van der Waals surface area contributed by atoms with Crippen LogP contribution in [0.25, 0.3) is 0 Å². The molecule has 1 aromatic carbocycles. The van der Waals surface area contributed by atoms with E-state index in [9.17, 15) is 9.59 Å². The zero-order valence-corrected chi connectivity index (χ0v) is 17.5. The van der Waals surface area contributed by atoms with E-state index in [0.717, 1.165) is 25.7 Å². The van der Waals surface area contributed by atoms with E-state index >= 15 is 0 Å². The highest BCUT2D eigenvalue weighted by atomic mass is 16.5. The lowest BCUT2D eigenvalue weighted by atomic mass is 10.1. The molecule has 1 aromatic rings. The molecule has 0 fully saturated rings. The fourth-order valence-corrected chi connectivity index (χ4v) is 2.84. The van der Waals surface area contributed by atoms with Crippen LogP contribution in [0, 0.1) is 5.92 Å². The summed E-state index contributed by atoms with van der Waals surface area (Å²) in [6.07, 6.45) is 8.43. The summed E-state index contributed by atoms with van der Waals surface area (Å²) in [6, 6.07) is 6.72. The average Bonchev–Trinajstić information content (AvgIpc) is 2.65. The molecule has 0 bridgehead atoms. The zero-order chi connectivity index (χ0) is 20.1. The largest absolute Gasteiger partial charge is 0.462 e. The molecule has 4 heteroatoms. The van der Waals surface area contributed by atoms with E-state index in [-0.39, 0.29) is 17.2 Å². The van der Waals surface area contributed by atoms with E-state index < -0.39 is 11.9 Å². The van der Waals surface area contributed by atoms with Crippen molar-refractivity contribution in [3.8, 4) is 0 Å². The standard InChI is InChI=1S/C23H36O4/c1-5-6-7-8-9-12-17-26-22(24)20-13-10-11-14-21(20)23(25)27-19(4)16-15-18(2)3/h10-11,13-14,18-19H,5-9,12,15-17H2,1-4H3. The van der Waals surface area contributed by atoms with Crippen LogP contribution in [0.5, 0.6) is 0 Å². The van der Waals surface area contributed by atoms with Crippen LogP contribution >= 0.6 is 0 Å². The Bertz CT molecular complexity index is 565. The summed E-state index contributed by atoms with van der Waals surface area (Å²) < 4.78 is 10.9. The van der Waals surface area contributed by atoms with Crippen molar-refractivity contribution in [2.75, 3.05) is 6.61 Å². The van der Waals surface area contributed by atoms with Gasteiger partial charge in [-0.1, -0.05) is 65.0 Å². The second-order valence-electron chi connectivity index (χ2n) is 7.64. The summed E-state index contributed by atoms with van der Waals surface area (Å²) in [7, 11) is 0. The van der Waals surface area contributed by atoms with Crippen LogP contribution in [0.1, 0.15) is 99.8 Å². The fraction of sp³-hybridized carbons (Fsp3) is 0.652. The molecule has 0 amide bonds. The summed E-state index contributed by atoms with van der Waals surface area (Å²) in [6.45, 7) is 8.75. The lowest BCUT2D eigenvalue weighted by Crippen LogP contribution is -2.19. The van der Waals surface area contributed by atoms with Gasteiger partial charge in [-0.15, -0.1) is 0 Å². The molecule has 0 aliphatic carbocycles. The van der Waals surface area contributed by atoms with Crippen molar-refractivity contribution in [1.29, 1.82) is 0 Å². The van der Waals surface area contributed by atoms with Gasteiger partial charge in [0.25, 0.3) is 0 Å². The van der Waals surface area contributed by atoms with E-state index in [1.54, 1.807) is 24.3 Å². The van der Waals surface area contributed by atoms with Gasteiger partial charge in [0.15, 0.2) is 0 Å². The van der Waals surface area contributed by atoms with Crippen molar-refractivity contribution < 1.29 is 19.1 Å². The van der Waals surface area contributed by atoms with Gasteiger partial charge in [0.2, 0.25) is 0 Å². The van der Waals surface area contributed by atoms with Gasteiger partial charge < -0.3 is 9.47 Å². The average molecular weight is 377 g/mol. The molecule has 0 saturated carbocycles. The molecule has 0 spiro atoms. The molecule has 0 saturated heterocycles. The van der Waals surface area contributed by atoms with Crippen molar-refractivity contribution in [3.63, 3.8) is 0 Å². The third-order valence-electron chi connectivity index (χ3n) is 4.56. The predicted octanol–water partition coefficient (Wildman–Crippen LogP) is 6.19. The van der Waals surface area contributed by atoms with Crippen molar-refractivity contribution in [3.05, 3.63) is 35.4 Å². The van der Waals surface area contributed by atoms with Gasteiger partial charge in [0.1, 0.15) is 0 Å². The first-order valence-electron chi connectivity index (χ1n) is 10.4. The molecule has 0 aliphatic heterocycles. The van der Waals surface area contributed by atoms with Crippen LogP contribution in [-0.2, 0) is 9.47 Å². The molecular weight excluding hydrogens is 340 g/mol. The van der Waals surface area contributed by atoms with Crippen LogP contribution < -0.4 is 0 Å². The maximum atomic E-state index is 12.5. The first-order valence-corrected chi connectivity index (χ1v) is 10.4. The Morgan fingerprint density at radius 3 is 2.07 bits per heavy atom. The maximum Gasteiger partial charge on any atom is 0.339 e. The van der Waals surface area contributed by atoms with Crippen molar-refractivity contribution in [2.45, 2.75) is 85.2 Å². The molecule has 0 aliphatic rings. The maximum absolute atomic E-state index is 12.5. The van der Waals surface area contributed by atoms with E-state index in [4.69, 9.17) is 9.47 Å². The van der Waals surface area contributed by atoms with Crippen molar-refractivity contribution in [2.24, 2.45) is 5.92 Å². The molecular formula is C23H36O4. The SMILES string of the molecule is CCCCCCCCOC(=O)c1ccccc1C(=O)OC(C)CCC(C)C. The Kier molecular flexibility index (Phi) is 11.5. The first-order chi connectivity index (χ1) is 13.0. The summed E-state index contributed by atoms with van der Waals surface area (Å²) in [5.41, 5.74) is 0.561. The Morgan fingerprint density at radius 2 is 1.44 bits per heavy atom. The van der Waals surface area contributed by atoms with Gasteiger partial charge in [-0.25, -0.2) is 9.59 Å². The van der Waals surface area contributed by atoms with E-state index in [1.165, 1.54) is 25.7 Å². The molecule has 0 heterocycles. The van der Waals surface area contributed by atoms with Gasteiger partial charge in [-0.3, -0.25) is 0 Å². The van der Waals surface area contributed by atoms with Crippen LogP contribution in [0.15, 0.2) is 24.3 Å². The van der Waals surface area contributed by atoms with E-state index in [2.05, 4.69) is 20.8 Å². The zero-order valence-electron chi connectivity index (χ0n) is 17.5. The highest BCUT2D eigenvalue weighted by Gasteiger charge is 2.20. The third-order valence-corrected chi connectivity index (χ3v) is 4.56. The normalized spacial score (nSPS) is 12.0. The minimum Gasteiger partial charge on any atom is -0.462 e. The number of rotatable bonds is 13. The van der Waals surface area contributed by atoms with Gasteiger partial charge in [0, 0.05) is 0 Å². The molecule has 152 valence electrons. The second kappa shape index (κ2) is 13.3. The van der Waals surface area contributed by atoms with Gasteiger partial charge >= 0.3 is 11.9 Å². The Hall–Kier alpha value is -1.84. The number of hydrogen-bond donors (Lipinski definition) is 0. The number of esters is 2. The number of benzene rings is 1. The first kappa shape index (κ1) is 23.2. The van der Waals surface area contributed by atoms with Crippen molar-refractivity contribution >= 4 is 11.9 Å². The smallest absolute Gasteiger partial charge is 0.339 e. The van der Waals surface area contributed by atoms with Gasteiger partial charge in [-0.2, -0.15) is 0 Å². The summed E-state index contributed by atoms with van der Waals surface area (Å²) in [5, 5.41) is 0. The molecule has 1 unspecified atom stereocenters.